The van der Waals surface area contributed by atoms with Gasteiger partial charge in [-0.2, -0.15) is 0 Å². The molecule has 16 heteroatoms. The van der Waals surface area contributed by atoms with Crippen LogP contribution in [-0.2, 0) is 33.3 Å². The van der Waals surface area contributed by atoms with Crippen molar-refractivity contribution >= 4 is 23.9 Å². The Labute approximate surface area is 300 Å². The SMILES string of the molecule is C[C@H](O)[C@@H](NC(=O)C1=C[C@H]2OC(C3CC3)(C3CC3)O[C@H]2[C@H](OC(=O)c2ccc(C=CCO[C@H]3O[C@H](CO)[C@H](O)[C@H](O)[C@H]3O)cc2)C1)C(=O)NCCO. The summed E-state index contributed by atoms with van der Waals surface area (Å²) < 4.78 is 30.0. The summed E-state index contributed by atoms with van der Waals surface area (Å²) in [4.78, 5) is 39.6. The number of benzene rings is 1. The Morgan fingerprint density at radius 2 is 1.69 bits per heavy atom. The van der Waals surface area contributed by atoms with E-state index < -0.39 is 91.3 Å². The van der Waals surface area contributed by atoms with Gasteiger partial charge in [0, 0.05) is 30.4 Å². The number of hydrogen-bond acceptors (Lipinski definition) is 14. The maximum absolute atomic E-state index is 13.5. The minimum atomic E-state index is -1.54. The van der Waals surface area contributed by atoms with Crippen molar-refractivity contribution in [2.75, 3.05) is 26.4 Å². The lowest BCUT2D eigenvalue weighted by Gasteiger charge is -2.39. The number of ether oxygens (including phenoxy) is 5. The molecule has 0 aromatic heterocycles. The Bertz CT molecular complexity index is 1480. The molecule has 2 heterocycles. The number of nitrogens with one attached hydrogen (secondary N) is 2. The number of amides is 2. The molecule has 3 aliphatic carbocycles. The summed E-state index contributed by atoms with van der Waals surface area (Å²) in [5, 5.41) is 63.7. The van der Waals surface area contributed by atoms with E-state index in [0.29, 0.717) is 5.56 Å². The van der Waals surface area contributed by atoms with Crippen LogP contribution < -0.4 is 10.6 Å². The Hall–Kier alpha value is -3.29. The summed E-state index contributed by atoms with van der Waals surface area (Å²) in [5.74, 6) is -2.31. The van der Waals surface area contributed by atoms with Gasteiger partial charge in [-0.05, 0) is 56.4 Å². The smallest absolute Gasteiger partial charge is 0.338 e. The van der Waals surface area contributed by atoms with Gasteiger partial charge in [-0.25, -0.2) is 4.79 Å². The highest BCUT2D eigenvalue weighted by atomic mass is 16.8. The van der Waals surface area contributed by atoms with E-state index in [2.05, 4.69) is 10.6 Å². The first-order chi connectivity index (χ1) is 24.9. The van der Waals surface area contributed by atoms with Gasteiger partial charge in [0.1, 0.15) is 48.8 Å². The molecule has 1 aromatic carbocycles. The molecule has 5 aliphatic rings. The van der Waals surface area contributed by atoms with E-state index >= 15 is 0 Å². The van der Waals surface area contributed by atoms with Gasteiger partial charge in [0.15, 0.2) is 12.1 Å². The summed E-state index contributed by atoms with van der Waals surface area (Å²) in [5.41, 5.74) is 1.17. The molecule has 286 valence electrons. The maximum Gasteiger partial charge on any atom is 0.338 e. The van der Waals surface area contributed by atoms with Crippen LogP contribution in [0.15, 0.2) is 42.0 Å². The molecule has 16 nitrogen and oxygen atoms in total. The van der Waals surface area contributed by atoms with Crippen LogP contribution in [0.4, 0.5) is 0 Å². The first-order valence-electron chi connectivity index (χ1n) is 17.8. The predicted octanol–water partition coefficient (Wildman–Crippen LogP) is -1.35. The Morgan fingerprint density at radius 3 is 2.31 bits per heavy atom. The molecule has 0 spiro atoms. The van der Waals surface area contributed by atoms with Gasteiger partial charge in [-0.1, -0.05) is 24.3 Å². The number of hydrogen-bond donors (Lipinski definition) is 8. The molecule has 52 heavy (non-hydrogen) atoms. The lowest BCUT2D eigenvalue weighted by atomic mass is 9.91. The zero-order valence-electron chi connectivity index (χ0n) is 28.8. The zero-order valence-corrected chi connectivity index (χ0v) is 28.8. The molecule has 0 unspecified atom stereocenters. The van der Waals surface area contributed by atoms with Gasteiger partial charge in [0.05, 0.1) is 31.5 Å². The minimum Gasteiger partial charge on any atom is -0.456 e. The highest BCUT2D eigenvalue weighted by Gasteiger charge is 2.64. The quantitative estimate of drug-likeness (QED) is 0.0973. The summed E-state index contributed by atoms with van der Waals surface area (Å²) in [6.07, 6.45) is -1.57. The number of aliphatic hydroxyl groups excluding tert-OH is 6. The van der Waals surface area contributed by atoms with Crippen LogP contribution in [0.1, 0.15) is 54.9 Å². The molecular weight excluding hydrogens is 684 g/mol. The zero-order chi connectivity index (χ0) is 37.2. The Balaban J connectivity index is 1.10. The third-order valence-electron chi connectivity index (χ3n) is 10.1. The van der Waals surface area contributed by atoms with Crippen LogP contribution >= 0.6 is 0 Å². The molecule has 2 amide bonds. The van der Waals surface area contributed by atoms with E-state index in [0.717, 1.165) is 25.7 Å². The number of aliphatic hydroxyl groups is 6. The highest BCUT2D eigenvalue weighted by molar-refractivity contribution is 5.97. The average molecular weight is 733 g/mol. The van der Waals surface area contributed by atoms with E-state index in [4.69, 9.17) is 28.8 Å². The second-order valence-electron chi connectivity index (χ2n) is 14.0. The van der Waals surface area contributed by atoms with Crippen LogP contribution in [0, 0.1) is 11.8 Å². The molecule has 6 rings (SSSR count). The van der Waals surface area contributed by atoms with Gasteiger partial charge in [0.2, 0.25) is 11.8 Å². The summed E-state index contributed by atoms with van der Waals surface area (Å²) in [7, 11) is 0. The molecule has 0 bridgehead atoms. The molecule has 2 saturated heterocycles. The Morgan fingerprint density at radius 1 is 1.00 bits per heavy atom. The average Bonchev–Trinajstić information content (AvgIpc) is 4.08. The molecular formula is C36H48N2O14. The van der Waals surface area contributed by atoms with Crippen molar-refractivity contribution in [3.8, 4) is 0 Å². The molecule has 1 aromatic rings. The second-order valence-corrected chi connectivity index (χ2v) is 14.0. The van der Waals surface area contributed by atoms with Crippen molar-refractivity contribution < 1.29 is 68.7 Å². The standard InChI is InChI=1S/C36H48N2O14/c1-18(41)27(33(46)37-12-13-39)38-32(45)21-15-24(31-25(16-21)51-36(52-31,22-8-9-22)23-10-11-23)49-34(47)20-6-4-19(5-7-20)3-2-14-48-35-30(44)29(43)28(42)26(17-40)50-35/h2-7,16,18,22-31,35,39-44H,8-15,17H2,1H3,(H,37,46)(H,38,45)/t18-,24+,25+,26+,27+,28-,29-,30+,31-,35-/m0/s1. The van der Waals surface area contributed by atoms with Gasteiger partial charge in [-0.3, -0.25) is 9.59 Å². The normalized spacial score (nSPS) is 32.4. The monoisotopic (exact) mass is 732 g/mol. The fraction of sp³-hybridized carbons (Fsp3) is 0.639. The summed E-state index contributed by atoms with van der Waals surface area (Å²) in [6, 6.07) is 5.23. The maximum atomic E-state index is 13.5. The number of carbonyl (C=O) groups excluding carboxylic acids is 3. The first-order valence-corrected chi connectivity index (χ1v) is 17.8. The first kappa shape index (κ1) is 38.4. The van der Waals surface area contributed by atoms with Crippen molar-refractivity contribution in [3.05, 3.63) is 53.1 Å². The van der Waals surface area contributed by atoms with Gasteiger partial charge in [0.25, 0.3) is 0 Å². The third kappa shape index (κ3) is 8.41. The molecule has 2 aliphatic heterocycles. The highest BCUT2D eigenvalue weighted by Crippen LogP contribution is 2.59. The van der Waals surface area contributed by atoms with Crippen molar-refractivity contribution in [2.45, 2.75) is 106 Å². The van der Waals surface area contributed by atoms with Gasteiger partial charge in [-0.15, -0.1) is 0 Å². The van der Waals surface area contributed by atoms with Gasteiger partial charge < -0.3 is 65.0 Å². The molecule has 0 radical (unpaired) electrons. The molecule has 4 fully saturated rings. The molecule has 10 atom stereocenters. The predicted molar refractivity (Wildman–Crippen MR) is 179 cm³/mol. The fourth-order valence-electron chi connectivity index (χ4n) is 6.97. The number of rotatable bonds is 15. The third-order valence-corrected chi connectivity index (χ3v) is 10.1. The number of esters is 1. The summed E-state index contributed by atoms with van der Waals surface area (Å²) in [6.45, 7) is 0.416. The van der Waals surface area contributed by atoms with Crippen molar-refractivity contribution in [1.29, 1.82) is 0 Å². The van der Waals surface area contributed by atoms with Crippen LogP contribution in [-0.4, -0.2) is 142 Å². The topological polar surface area (TPSA) is 243 Å². The number of carbonyl (C=O) groups is 3. The van der Waals surface area contributed by atoms with E-state index in [1.54, 1.807) is 42.5 Å². The van der Waals surface area contributed by atoms with Crippen molar-refractivity contribution in [2.24, 2.45) is 11.8 Å². The second kappa shape index (κ2) is 16.4. The van der Waals surface area contributed by atoms with Crippen LogP contribution in [0.2, 0.25) is 0 Å². The van der Waals surface area contributed by atoms with Crippen molar-refractivity contribution in [1.82, 2.24) is 10.6 Å². The van der Waals surface area contributed by atoms with Gasteiger partial charge >= 0.3 is 5.97 Å². The lowest BCUT2D eigenvalue weighted by molar-refractivity contribution is -0.298. The van der Waals surface area contributed by atoms with Crippen molar-refractivity contribution in [3.63, 3.8) is 0 Å². The van der Waals surface area contributed by atoms with E-state index in [1.807, 2.05) is 0 Å². The largest absolute Gasteiger partial charge is 0.456 e. The van der Waals surface area contributed by atoms with E-state index in [1.165, 1.54) is 6.92 Å². The lowest BCUT2D eigenvalue weighted by Crippen LogP contribution is -2.59. The minimum absolute atomic E-state index is 0.0203. The Kier molecular flexibility index (Phi) is 12.1. The summed E-state index contributed by atoms with van der Waals surface area (Å²) >= 11 is 0. The van der Waals surface area contributed by atoms with Crippen LogP contribution in [0.3, 0.4) is 0 Å². The fourth-order valence-corrected chi connectivity index (χ4v) is 6.97. The van der Waals surface area contributed by atoms with E-state index in [-0.39, 0.29) is 49.2 Å². The molecule has 2 saturated carbocycles. The van der Waals surface area contributed by atoms with Crippen LogP contribution in [0.5, 0.6) is 0 Å². The molecule has 8 N–H and O–H groups in total. The number of fused-ring (bicyclic) bond motifs is 1. The van der Waals surface area contributed by atoms with Crippen LogP contribution in [0.25, 0.3) is 6.08 Å². The van der Waals surface area contributed by atoms with E-state index in [9.17, 15) is 39.9 Å².